The Morgan fingerprint density at radius 2 is 1.65 bits per heavy atom. The molecule has 2 aliphatic heterocycles. The molecule has 0 N–H and O–H groups in total. The molecule has 1 aromatic heterocycles. The van der Waals surface area contributed by atoms with Crippen molar-refractivity contribution in [2.75, 3.05) is 49.6 Å². The summed E-state index contributed by atoms with van der Waals surface area (Å²) in [5, 5.41) is 0.123. The van der Waals surface area contributed by atoms with Crippen LogP contribution in [0.1, 0.15) is 25.0 Å². The van der Waals surface area contributed by atoms with Crippen molar-refractivity contribution in [3.8, 4) is 17.2 Å². The Bertz CT molecular complexity index is 2040. The second-order valence-corrected chi connectivity index (χ2v) is 13.6. The first kappa shape index (κ1) is 37.2. The lowest BCUT2D eigenvalue weighted by atomic mass is 9.72. The Labute approximate surface area is 298 Å². The molecule has 1 saturated heterocycles. The van der Waals surface area contributed by atoms with Crippen LogP contribution in [-0.4, -0.2) is 76.9 Å². The highest BCUT2D eigenvalue weighted by atomic mass is 35.5. The molecular formula is C35H34ClF3N4O7S. The summed E-state index contributed by atoms with van der Waals surface area (Å²) in [6.07, 6.45) is -2.46. The van der Waals surface area contributed by atoms with Gasteiger partial charge in [-0.3, -0.25) is 14.6 Å². The molecule has 6 rings (SSSR count). The Morgan fingerprint density at radius 1 is 0.922 bits per heavy atom. The Balaban J connectivity index is 0.00000504. The Morgan fingerprint density at radius 3 is 2.29 bits per heavy atom. The van der Waals surface area contributed by atoms with Crippen molar-refractivity contribution in [1.82, 2.24) is 9.88 Å². The maximum atomic E-state index is 15.0. The molecule has 11 nitrogen and oxygen atoms in total. The summed E-state index contributed by atoms with van der Waals surface area (Å²) >= 11 is 6.45. The number of halogens is 4. The van der Waals surface area contributed by atoms with Crippen LogP contribution in [0.2, 0.25) is 5.02 Å². The molecule has 270 valence electrons. The summed E-state index contributed by atoms with van der Waals surface area (Å²) < 4.78 is 84.7. The summed E-state index contributed by atoms with van der Waals surface area (Å²) in [4.78, 5) is 36.1. The van der Waals surface area contributed by atoms with Gasteiger partial charge in [-0.1, -0.05) is 37.2 Å². The van der Waals surface area contributed by atoms with Crippen LogP contribution in [0.5, 0.6) is 17.2 Å². The number of ether oxygens (including phenoxy) is 3. The molecule has 0 radical (unpaired) electrons. The van der Waals surface area contributed by atoms with Crippen molar-refractivity contribution in [2.45, 2.75) is 30.5 Å². The van der Waals surface area contributed by atoms with Gasteiger partial charge in [0.25, 0.3) is 15.9 Å². The highest BCUT2D eigenvalue weighted by Gasteiger charge is 2.59. The van der Waals surface area contributed by atoms with Crippen molar-refractivity contribution >= 4 is 44.8 Å². The second kappa shape index (κ2) is 14.3. The molecular weight excluding hydrogens is 713 g/mol. The van der Waals surface area contributed by atoms with Gasteiger partial charge in [-0.2, -0.15) is 0 Å². The van der Waals surface area contributed by atoms with Crippen LogP contribution < -0.4 is 23.4 Å². The van der Waals surface area contributed by atoms with Crippen molar-refractivity contribution in [3.63, 3.8) is 0 Å². The summed E-state index contributed by atoms with van der Waals surface area (Å²) in [5.41, 5.74) is -1.13. The normalized spacial score (nSPS) is 17.5. The first-order chi connectivity index (χ1) is 23.8. The SMILES string of the molecule is C.COc1ccc(S(=O)(=O)N2C(=O)C(CC(=O)N3CCN(c4cccnc4)CC3)(c3ccccc3OC)c3cc(Cl)ccc32)c(OC(F)(F)F)c1. The van der Waals surface area contributed by atoms with Crippen LogP contribution in [0.4, 0.5) is 24.5 Å². The Hall–Kier alpha value is -5.02. The number of piperazine rings is 1. The first-order valence-electron chi connectivity index (χ1n) is 15.2. The molecule has 1 fully saturated rings. The van der Waals surface area contributed by atoms with Crippen molar-refractivity contribution < 1.29 is 45.4 Å². The molecule has 3 aromatic carbocycles. The highest BCUT2D eigenvalue weighted by molar-refractivity contribution is 7.93. The number of anilines is 2. The summed E-state index contributed by atoms with van der Waals surface area (Å²) in [5.74, 6) is -2.65. The largest absolute Gasteiger partial charge is 0.573 e. The van der Waals surface area contributed by atoms with Crippen LogP contribution >= 0.6 is 11.6 Å². The van der Waals surface area contributed by atoms with Gasteiger partial charge in [0.1, 0.15) is 21.8 Å². The van der Waals surface area contributed by atoms with E-state index < -0.39 is 50.7 Å². The zero-order chi connectivity index (χ0) is 35.8. The minimum Gasteiger partial charge on any atom is -0.497 e. The highest BCUT2D eigenvalue weighted by Crippen LogP contribution is 2.54. The van der Waals surface area contributed by atoms with E-state index in [9.17, 15) is 26.4 Å². The molecule has 1 atom stereocenters. The molecule has 2 aliphatic rings. The third kappa shape index (κ3) is 6.87. The topological polar surface area (TPSA) is 119 Å². The molecule has 3 heterocycles. The quantitative estimate of drug-likeness (QED) is 0.202. The van der Waals surface area contributed by atoms with Gasteiger partial charge in [0.15, 0.2) is 5.75 Å². The molecule has 2 amide bonds. The van der Waals surface area contributed by atoms with E-state index in [0.717, 1.165) is 23.9 Å². The summed E-state index contributed by atoms with van der Waals surface area (Å²) in [6, 6.07) is 16.8. The number of aromatic nitrogens is 1. The number of amides is 2. The predicted molar refractivity (Wildman–Crippen MR) is 184 cm³/mol. The lowest BCUT2D eigenvalue weighted by Gasteiger charge is -2.38. The number of hydrogen-bond acceptors (Lipinski definition) is 9. The fourth-order valence-electron chi connectivity index (χ4n) is 6.41. The van der Waals surface area contributed by atoms with Gasteiger partial charge in [-0.15, -0.1) is 13.2 Å². The van der Waals surface area contributed by atoms with E-state index in [2.05, 4.69) is 14.6 Å². The number of para-hydroxylation sites is 1. The summed E-state index contributed by atoms with van der Waals surface area (Å²) in [6.45, 7) is 1.52. The summed E-state index contributed by atoms with van der Waals surface area (Å²) in [7, 11) is -2.62. The number of hydrogen-bond donors (Lipinski definition) is 0. The van der Waals surface area contributed by atoms with Gasteiger partial charge < -0.3 is 24.0 Å². The minimum atomic E-state index is -5.29. The number of fused-ring (bicyclic) bond motifs is 1. The van der Waals surface area contributed by atoms with Gasteiger partial charge in [0.05, 0.1) is 31.8 Å². The van der Waals surface area contributed by atoms with Crippen molar-refractivity contribution in [3.05, 3.63) is 101 Å². The number of rotatable bonds is 9. The first-order valence-corrected chi connectivity index (χ1v) is 17.0. The number of methoxy groups -OCH3 is 2. The standard InChI is InChI=1S/C34H30ClF3N4O7S.CH4/c1-47-24-10-12-30(29(19-24)49-34(36,37)38)50(45,46)42-27-11-9-22(35)18-26(27)33(32(42)44,25-7-3-4-8-28(25)48-2)20-31(43)41-16-14-40(15-17-41)23-6-5-13-39-21-23;/h3-13,18-19,21H,14-17,20H2,1-2H3;1H4. The third-order valence-corrected chi connectivity index (χ3v) is 10.7. The lowest BCUT2D eigenvalue weighted by molar-refractivity contribution is -0.275. The van der Waals surface area contributed by atoms with Gasteiger partial charge >= 0.3 is 6.36 Å². The monoisotopic (exact) mass is 746 g/mol. The van der Waals surface area contributed by atoms with Crippen LogP contribution in [-0.2, 0) is 25.0 Å². The molecule has 51 heavy (non-hydrogen) atoms. The number of nitrogens with zero attached hydrogens (tertiary/aromatic N) is 4. The third-order valence-electron chi connectivity index (χ3n) is 8.71. The number of carbonyl (C=O) groups is 2. The molecule has 16 heteroatoms. The van der Waals surface area contributed by atoms with Crippen molar-refractivity contribution in [1.29, 1.82) is 0 Å². The number of carbonyl (C=O) groups excluding carboxylic acids is 2. The Kier molecular flexibility index (Phi) is 10.4. The average Bonchev–Trinajstić information content (AvgIpc) is 3.35. The molecule has 0 saturated carbocycles. The molecule has 0 aliphatic carbocycles. The number of sulfonamides is 1. The zero-order valence-corrected chi connectivity index (χ0v) is 28.3. The van der Waals surface area contributed by atoms with Crippen molar-refractivity contribution in [2.24, 2.45) is 0 Å². The fourth-order valence-corrected chi connectivity index (χ4v) is 8.17. The fraction of sp³-hybridized carbons (Fsp3) is 0.286. The number of benzene rings is 3. The van der Waals surface area contributed by atoms with E-state index in [0.29, 0.717) is 30.5 Å². The molecule has 4 aromatic rings. The van der Waals surface area contributed by atoms with E-state index in [4.69, 9.17) is 21.1 Å². The van der Waals surface area contributed by atoms with Crippen LogP contribution in [0.3, 0.4) is 0 Å². The number of pyridine rings is 1. The van der Waals surface area contributed by atoms with Gasteiger partial charge in [0, 0.05) is 55.4 Å². The van der Waals surface area contributed by atoms with Gasteiger partial charge in [-0.05, 0) is 54.1 Å². The number of alkyl halides is 3. The van der Waals surface area contributed by atoms with E-state index in [1.807, 2.05) is 12.1 Å². The van der Waals surface area contributed by atoms with Gasteiger partial charge in [0.2, 0.25) is 5.91 Å². The van der Waals surface area contributed by atoms with E-state index >= 15 is 4.79 Å². The molecule has 1 unspecified atom stereocenters. The average molecular weight is 747 g/mol. The maximum Gasteiger partial charge on any atom is 0.573 e. The predicted octanol–water partition coefficient (Wildman–Crippen LogP) is 6.05. The van der Waals surface area contributed by atoms with E-state index in [-0.39, 0.29) is 40.8 Å². The molecule has 0 spiro atoms. The maximum absolute atomic E-state index is 15.0. The molecule has 0 bridgehead atoms. The van der Waals surface area contributed by atoms with Crippen LogP contribution in [0, 0.1) is 0 Å². The lowest BCUT2D eigenvalue weighted by Crippen LogP contribution is -2.52. The zero-order valence-electron chi connectivity index (χ0n) is 26.7. The smallest absolute Gasteiger partial charge is 0.497 e. The van der Waals surface area contributed by atoms with E-state index in [1.165, 1.54) is 38.5 Å². The minimum absolute atomic E-state index is 0. The second-order valence-electron chi connectivity index (χ2n) is 11.5. The van der Waals surface area contributed by atoms with Gasteiger partial charge in [-0.25, -0.2) is 12.7 Å². The van der Waals surface area contributed by atoms with E-state index in [1.54, 1.807) is 35.5 Å². The van der Waals surface area contributed by atoms with Crippen LogP contribution in [0.15, 0.2) is 90.1 Å². The van der Waals surface area contributed by atoms with Crippen LogP contribution in [0.25, 0.3) is 0 Å².